The number of hydrogen-bond donors (Lipinski definition) is 0. The van der Waals surface area contributed by atoms with Gasteiger partial charge >= 0.3 is 0 Å². The molecule has 1 aliphatic rings. The molecule has 1 fully saturated rings. The van der Waals surface area contributed by atoms with E-state index in [1.165, 1.54) is 12.2 Å². The number of carbonyl (C=O) groups excluding carboxylic acids is 1. The number of thioether (sulfide) groups is 1. The monoisotopic (exact) mass is 200 g/mol. The summed E-state index contributed by atoms with van der Waals surface area (Å²) in [6, 6.07) is 0. The zero-order valence-corrected chi connectivity index (χ0v) is 9.75. The third kappa shape index (κ3) is 3.01. The van der Waals surface area contributed by atoms with Crippen molar-refractivity contribution in [2.45, 2.75) is 51.7 Å². The van der Waals surface area contributed by atoms with Crippen molar-refractivity contribution in [1.82, 2.24) is 0 Å². The molecule has 0 radical (unpaired) electrons. The molecule has 1 saturated carbocycles. The Hall–Kier alpha value is 0.0200. The lowest BCUT2D eigenvalue weighted by atomic mass is 9.76. The molecule has 0 heterocycles. The number of rotatable bonds is 3. The van der Waals surface area contributed by atoms with E-state index in [0.717, 1.165) is 19.3 Å². The van der Waals surface area contributed by atoms with Crippen LogP contribution < -0.4 is 0 Å². The van der Waals surface area contributed by atoms with Crippen LogP contribution in [0.5, 0.6) is 0 Å². The molecular weight excluding hydrogens is 180 g/mol. The molecule has 1 unspecified atom stereocenters. The van der Waals surface area contributed by atoms with E-state index in [0.29, 0.717) is 16.4 Å². The molecule has 0 N–H and O–H groups in total. The Labute approximate surface area is 85.7 Å². The van der Waals surface area contributed by atoms with E-state index >= 15 is 0 Å². The van der Waals surface area contributed by atoms with Crippen LogP contribution in [-0.2, 0) is 4.79 Å². The van der Waals surface area contributed by atoms with Gasteiger partial charge in [0.1, 0.15) is 5.78 Å². The van der Waals surface area contributed by atoms with Crippen molar-refractivity contribution < 1.29 is 4.79 Å². The van der Waals surface area contributed by atoms with Gasteiger partial charge in [-0.25, -0.2) is 0 Å². The zero-order valence-electron chi connectivity index (χ0n) is 8.93. The van der Waals surface area contributed by atoms with Crippen molar-refractivity contribution in [2.24, 2.45) is 5.41 Å². The van der Waals surface area contributed by atoms with E-state index < -0.39 is 0 Å². The minimum Gasteiger partial charge on any atom is -0.300 e. The lowest BCUT2D eigenvalue weighted by Gasteiger charge is -2.37. The molecule has 76 valence electrons. The SMILES string of the molecule is CCCSC1CC(=O)CCC1(C)C. The molecule has 0 aromatic carbocycles. The second kappa shape index (κ2) is 4.50. The summed E-state index contributed by atoms with van der Waals surface area (Å²) in [5.41, 5.74) is 0.369. The topological polar surface area (TPSA) is 17.1 Å². The largest absolute Gasteiger partial charge is 0.300 e. The molecular formula is C11H20OS. The highest BCUT2D eigenvalue weighted by Gasteiger charge is 2.35. The van der Waals surface area contributed by atoms with Crippen molar-refractivity contribution in [3.63, 3.8) is 0 Å². The average molecular weight is 200 g/mol. The highest BCUT2D eigenvalue weighted by Crippen LogP contribution is 2.41. The summed E-state index contributed by atoms with van der Waals surface area (Å²) in [6.45, 7) is 6.80. The standard InChI is InChI=1S/C11H20OS/c1-4-7-13-10-8-9(12)5-6-11(10,2)3/h10H,4-8H2,1-3H3. The van der Waals surface area contributed by atoms with Crippen LogP contribution in [-0.4, -0.2) is 16.8 Å². The predicted octanol–water partition coefficient (Wildman–Crippen LogP) is 3.28. The van der Waals surface area contributed by atoms with Gasteiger partial charge in [-0.05, 0) is 24.0 Å². The fourth-order valence-corrected chi connectivity index (χ4v) is 3.15. The Morgan fingerprint density at radius 3 is 2.85 bits per heavy atom. The first-order valence-electron chi connectivity index (χ1n) is 5.19. The van der Waals surface area contributed by atoms with Crippen molar-refractivity contribution in [3.05, 3.63) is 0 Å². The molecule has 13 heavy (non-hydrogen) atoms. The lowest BCUT2D eigenvalue weighted by Crippen LogP contribution is -2.34. The van der Waals surface area contributed by atoms with Gasteiger partial charge in [-0.2, -0.15) is 11.8 Å². The van der Waals surface area contributed by atoms with Crippen molar-refractivity contribution in [1.29, 1.82) is 0 Å². The summed E-state index contributed by atoms with van der Waals surface area (Å²) >= 11 is 1.99. The molecule has 0 bridgehead atoms. The van der Waals surface area contributed by atoms with E-state index in [1.807, 2.05) is 11.8 Å². The Kier molecular flexibility index (Phi) is 3.84. The normalized spacial score (nSPS) is 27.6. The van der Waals surface area contributed by atoms with Crippen LogP contribution in [0.4, 0.5) is 0 Å². The average Bonchev–Trinajstić information content (AvgIpc) is 2.07. The summed E-state index contributed by atoms with van der Waals surface area (Å²) in [7, 11) is 0. The molecule has 0 spiro atoms. The highest BCUT2D eigenvalue weighted by molar-refractivity contribution is 7.99. The highest BCUT2D eigenvalue weighted by atomic mass is 32.2. The maximum Gasteiger partial charge on any atom is 0.134 e. The van der Waals surface area contributed by atoms with Crippen LogP contribution >= 0.6 is 11.8 Å². The van der Waals surface area contributed by atoms with E-state index in [4.69, 9.17) is 0 Å². The molecule has 1 aliphatic carbocycles. The van der Waals surface area contributed by atoms with Gasteiger partial charge in [-0.15, -0.1) is 0 Å². The summed E-state index contributed by atoms with van der Waals surface area (Å²) < 4.78 is 0. The van der Waals surface area contributed by atoms with Crippen LogP contribution in [0, 0.1) is 5.41 Å². The summed E-state index contributed by atoms with van der Waals surface area (Å²) in [5, 5.41) is 0.564. The first-order chi connectivity index (χ1) is 6.06. The molecule has 2 heteroatoms. The third-order valence-electron chi connectivity index (χ3n) is 2.86. The Balaban J connectivity index is 2.50. The van der Waals surface area contributed by atoms with Gasteiger partial charge in [-0.1, -0.05) is 20.8 Å². The number of Topliss-reactive ketones (excluding diaryl/α,β-unsaturated/α-hetero) is 1. The van der Waals surface area contributed by atoms with Gasteiger partial charge in [0.15, 0.2) is 0 Å². The predicted molar refractivity (Wildman–Crippen MR) is 59.2 cm³/mol. The maximum atomic E-state index is 11.3. The number of carbonyl (C=O) groups is 1. The van der Waals surface area contributed by atoms with E-state index in [2.05, 4.69) is 20.8 Å². The molecule has 0 aliphatic heterocycles. The van der Waals surface area contributed by atoms with E-state index in [-0.39, 0.29) is 0 Å². The maximum absolute atomic E-state index is 11.3. The quantitative estimate of drug-likeness (QED) is 0.695. The molecule has 0 amide bonds. The smallest absolute Gasteiger partial charge is 0.134 e. The fourth-order valence-electron chi connectivity index (χ4n) is 1.75. The first-order valence-corrected chi connectivity index (χ1v) is 6.24. The van der Waals surface area contributed by atoms with Crippen LogP contribution in [0.1, 0.15) is 46.5 Å². The van der Waals surface area contributed by atoms with E-state index in [9.17, 15) is 4.79 Å². The Morgan fingerprint density at radius 1 is 1.54 bits per heavy atom. The number of ketones is 1. The molecule has 0 aromatic rings. The van der Waals surface area contributed by atoms with Crippen molar-refractivity contribution in [3.8, 4) is 0 Å². The zero-order chi connectivity index (χ0) is 9.90. The van der Waals surface area contributed by atoms with Gasteiger partial charge < -0.3 is 0 Å². The van der Waals surface area contributed by atoms with Crippen LogP contribution in [0.25, 0.3) is 0 Å². The summed E-state index contributed by atoms with van der Waals surface area (Å²) in [4.78, 5) is 11.3. The first kappa shape index (κ1) is 11.1. The molecule has 1 nitrogen and oxygen atoms in total. The summed E-state index contributed by atoms with van der Waals surface area (Å²) in [6.07, 6.45) is 3.90. The number of hydrogen-bond acceptors (Lipinski definition) is 2. The van der Waals surface area contributed by atoms with Crippen molar-refractivity contribution in [2.75, 3.05) is 5.75 Å². The van der Waals surface area contributed by atoms with Gasteiger partial charge in [0.25, 0.3) is 0 Å². The third-order valence-corrected chi connectivity index (χ3v) is 4.71. The van der Waals surface area contributed by atoms with Crippen LogP contribution in [0.3, 0.4) is 0 Å². The van der Waals surface area contributed by atoms with Gasteiger partial charge in [0.05, 0.1) is 0 Å². The van der Waals surface area contributed by atoms with Gasteiger partial charge in [0.2, 0.25) is 0 Å². The second-order valence-electron chi connectivity index (χ2n) is 4.59. The van der Waals surface area contributed by atoms with E-state index in [1.54, 1.807) is 0 Å². The van der Waals surface area contributed by atoms with Gasteiger partial charge in [-0.3, -0.25) is 4.79 Å². The molecule has 1 atom stereocenters. The lowest BCUT2D eigenvalue weighted by molar-refractivity contribution is -0.121. The van der Waals surface area contributed by atoms with Crippen LogP contribution in [0.2, 0.25) is 0 Å². The molecule has 0 saturated heterocycles. The second-order valence-corrected chi connectivity index (χ2v) is 5.90. The minimum atomic E-state index is 0.369. The van der Waals surface area contributed by atoms with Crippen LogP contribution in [0.15, 0.2) is 0 Å². The fraction of sp³-hybridized carbons (Fsp3) is 0.909. The van der Waals surface area contributed by atoms with Gasteiger partial charge in [0, 0.05) is 18.1 Å². The molecule has 0 aromatic heterocycles. The van der Waals surface area contributed by atoms with Crippen molar-refractivity contribution >= 4 is 17.5 Å². The Morgan fingerprint density at radius 2 is 2.23 bits per heavy atom. The summed E-state index contributed by atoms with van der Waals surface area (Å²) in [5.74, 6) is 1.66. The Bertz CT molecular complexity index is 187. The molecule has 1 rings (SSSR count). The minimum absolute atomic E-state index is 0.369.